The van der Waals surface area contributed by atoms with Crippen molar-refractivity contribution < 1.29 is 19.4 Å². The second-order valence-electron chi connectivity index (χ2n) is 6.98. The molecule has 6 heteroatoms. The fraction of sp³-hybridized carbons (Fsp3) is 0.348. The molecule has 0 spiro atoms. The number of nitrogens with zero attached hydrogens (tertiary/aromatic N) is 2. The van der Waals surface area contributed by atoms with Gasteiger partial charge in [-0.05, 0) is 24.3 Å². The van der Waals surface area contributed by atoms with Crippen molar-refractivity contribution in [3.8, 4) is 11.5 Å². The van der Waals surface area contributed by atoms with E-state index in [9.17, 15) is 9.90 Å². The van der Waals surface area contributed by atoms with Crippen molar-refractivity contribution in [1.29, 1.82) is 0 Å². The molecule has 1 unspecified atom stereocenters. The van der Waals surface area contributed by atoms with E-state index >= 15 is 0 Å². The van der Waals surface area contributed by atoms with E-state index in [2.05, 4.69) is 4.90 Å². The SMILES string of the molecule is COc1ccccc1/C=C/C(=O)N1CCN(CC(O)COc2ccccc2)CC1. The zero-order valence-corrected chi connectivity index (χ0v) is 16.7. The summed E-state index contributed by atoms with van der Waals surface area (Å²) >= 11 is 0. The zero-order valence-electron chi connectivity index (χ0n) is 16.7. The molecule has 2 aromatic rings. The number of piperazine rings is 1. The molecule has 154 valence electrons. The van der Waals surface area contributed by atoms with Crippen LogP contribution in [0.2, 0.25) is 0 Å². The predicted octanol–water partition coefficient (Wildman–Crippen LogP) is 2.29. The van der Waals surface area contributed by atoms with Crippen LogP contribution in [0.4, 0.5) is 0 Å². The number of hydrogen-bond donors (Lipinski definition) is 1. The van der Waals surface area contributed by atoms with Crippen molar-refractivity contribution in [2.45, 2.75) is 6.10 Å². The van der Waals surface area contributed by atoms with Gasteiger partial charge in [-0.2, -0.15) is 0 Å². The molecule has 0 radical (unpaired) electrons. The Morgan fingerprint density at radius 3 is 2.48 bits per heavy atom. The molecule has 0 aliphatic carbocycles. The van der Waals surface area contributed by atoms with Crippen LogP contribution in [0.3, 0.4) is 0 Å². The third kappa shape index (κ3) is 6.34. The first kappa shape index (κ1) is 20.9. The van der Waals surface area contributed by atoms with Crippen molar-refractivity contribution in [1.82, 2.24) is 9.80 Å². The highest BCUT2D eigenvalue weighted by atomic mass is 16.5. The highest BCUT2D eigenvalue weighted by Gasteiger charge is 2.21. The summed E-state index contributed by atoms with van der Waals surface area (Å²) in [5.41, 5.74) is 0.878. The molecule has 1 amide bonds. The van der Waals surface area contributed by atoms with Crippen molar-refractivity contribution >= 4 is 12.0 Å². The molecular weight excluding hydrogens is 368 g/mol. The largest absolute Gasteiger partial charge is 0.496 e. The molecule has 1 N–H and O–H groups in total. The molecule has 1 saturated heterocycles. The number of para-hydroxylation sites is 2. The molecule has 1 aliphatic heterocycles. The fourth-order valence-corrected chi connectivity index (χ4v) is 3.28. The van der Waals surface area contributed by atoms with Crippen LogP contribution in [-0.2, 0) is 4.79 Å². The molecule has 29 heavy (non-hydrogen) atoms. The van der Waals surface area contributed by atoms with Gasteiger partial charge in [-0.15, -0.1) is 0 Å². The van der Waals surface area contributed by atoms with Gasteiger partial charge in [0.05, 0.1) is 7.11 Å². The zero-order chi connectivity index (χ0) is 20.5. The summed E-state index contributed by atoms with van der Waals surface area (Å²) < 4.78 is 10.9. The Bertz CT molecular complexity index is 802. The molecule has 1 heterocycles. The van der Waals surface area contributed by atoms with E-state index in [1.165, 1.54) is 0 Å². The molecule has 1 aliphatic rings. The van der Waals surface area contributed by atoms with Gasteiger partial charge in [-0.1, -0.05) is 36.4 Å². The van der Waals surface area contributed by atoms with Gasteiger partial charge in [-0.3, -0.25) is 9.69 Å². The van der Waals surface area contributed by atoms with Crippen LogP contribution in [-0.4, -0.2) is 73.4 Å². The van der Waals surface area contributed by atoms with E-state index in [0.717, 1.165) is 30.2 Å². The number of methoxy groups -OCH3 is 1. The van der Waals surface area contributed by atoms with Gasteiger partial charge in [0.15, 0.2) is 0 Å². The van der Waals surface area contributed by atoms with E-state index < -0.39 is 6.10 Å². The van der Waals surface area contributed by atoms with Crippen LogP contribution < -0.4 is 9.47 Å². The molecule has 3 rings (SSSR count). The van der Waals surface area contributed by atoms with E-state index in [-0.39, 0.29) is 12.5 Å². The van der Waals surface area contributed by atoms with Gasteiger partial charge >= 0.3 is 0 Å². The Labute approximate surface area is 172 Å². The Hall–Kier alpha value is -2.83. The smallest absolute Gasteiger partial charge is 0.246 e. The standard InChI is InChI=1S/C23H28N2O4/c1-28-22-10-6-5-7-19(22)11-12-23(27)25-15-13-24(14-16-25)17-20(26)18-29-21-8-3-2-4-9-21/h2-12,20,26H,13-18H2,1H3/b12-11+. The maximum absolute atomic E-state index is 12.5. The lowest BCUT2D eigenvalue weighted by Crippen LogP contribution is -2.50. The Kier molecular flexibility index (Phi) is 7.67. The predicted molar refractivity (Wildman–Crippen MR) is 113 cm³/mol. The first-order valence-corrected chi connectivity index (χ1v) is 9.84. The Balaban J connectivity index is 1.41. The third-order valence-corrected chi connectivity index (χ3v) is 4.88. The lowest BCUT2D eigenvalue weighted by molar-refractivity contribution is -0.127. The molecule has 0 saturated carbocycles. The number of carbonyl (C=O) groups is 1. The fourth-order valence-electron chi connectivity index (χ4n) is 3.28. The Morgan fingerprint density at radius 2 is 1.76 bits per heavy atom. The Morgan fingerprint density at radius 1 is 1.07 bits per heavy atom. The summed E-state index contributed by atoms with van der Waals surface area (Å²) in [7, 11) is 1.62. The van der Waals surface area contributed by atoms with E-state index in [1.807, 2.05) is 59.5 Å². The monoisotopic (exact) mass is 396 g/mol. The average molecular weight is 396 g/mol. The molecule has 0 bridgehead atoms. The minimum absolute atomic E-state index is 0.0106. The van der Waals surface area contributed by atoms with Crippen molar-refractivity contribution in [2.75, 3.05) is 46.4 Å². The van der Waals surface area contributed by atoms with Crippen molar-refractivity contribution in [3.05, 3.63) is 66.2 Å². The van der Waals surface area contributed by atoms with Crippen LogP contribution in [0.1, 0.15) is 5.56 Å². The summed E-state index contributed by atoms with van der Waals surface area (Å²) in [5, 5.41) is 10.2. The molecular formula is C23H28N2O4. The van der Waals surface area contributed by atoms with Crippen LogP contribution in [0, 0.1) is 0 Å². The normalized spacial score (nSPS) is 16.0. The number of β-amino-alcohol motifs (C(OH)–C–C–N with tert-alkyl or cyclic N) is 1. The van der Waals surface area contributed by atoms with Gasteiger partial charge in [0.25, 0.3) is 0 Å². The maximum atomic E-state index is 12.5. The van der Waals surface area contributed by atoms with Gasteiger partial charge in [0.1, 0.15) is 24.2 Å². The van der Waals surface area contributed by atoms with E-state index in [1.54, 1.807) is 19.3 Å². The third-order valence-electron chi connectivity index (χ3n) is 4.88. The maximum Gasteiger partial charge on any atom is 0.246 e. The highest BCUT2D eigenvalue weighted by molar-refractivity contribution is 5.92. The van der Waals surface area contributed by atoms with E-state index in [0.29, 0.717) is 19.6 Å². The van der Waals surface area contributed by atoms with Gasteiger partial charge < -0.3 is 19.5 Å². The summed E-state index contributed by atoms with van der Waals surface area (Å²) in [5.74, 6) is 1.49. The molecule has 6 nitrogen and oxygen atoms in total. The lowest BCUT2D eigenvalue weighted by Gasteiger charge is -2.35. The molecule has 1 atom stereocenters. The first-order valence-electron chi connectivity index (χ1n) is 9.84. The second kappa shape index (κ2) is 10.6. The number of hydrogen-bond acceptors (Lipinski definition) is 5. The van der Waals surface area contributed by atoms with Crippen LogP contribution in [0.15, 0.2) is 60.7 Å². The van der Waals surface area contributed by atoms with Crippen LogP contribution >= 0.6 is 0 Å². The first-order chi connectivity index (χ1) is 14.2. The van der Waals surface area contributed by atoms with Gasteiger partial charge in [-0.25, -0.2) is 0 Å². The summed E-state index contributed by atoms with van der Waals surface area (Å²) in [6.45, 7) is 3.53. The van der Waals surface area contributed by atoms with Crippen molar-refractivity contribution in [2.24, 2.45) is 0 Å². The van der Waals surface area contributed by atoms with Crippen LogP contribution in [0.25, 0.3) is 6.08 Å². The lowest BCUT2D eigenvalue weighted by atomic mass is 10.2. The second-order valence-corrected chi connectivity index (χ2v) is 6.98. The number of ether oxygens (including phenoxy) is 2. The number of aliphatic hydroxyl groups is 1. The minimum Gasteiger partial charge on any atom is -0.496 e. The molecule has 2 aromatic carbocycles. The summed E-state index contributed by atoms with van der Waals surface area (Å²) in [4.78, 5) is 16.5. The number of benzene rings is 2. The molecule has 0 aromatic heterocycles. The highest BCUT2D eigenvalue weighted by Crippen LogP contribution is 2.19. The van der Waals surface area contributed by atoms with E-state index in [4.69, 9.17) is 9.47 Å². The summed E-state index contributed by atoms with van der Waals surface area (Å²) in [6.07, 6.45) is 2.82. The quantitative estimate of drug-likeness (QED) is 0.694. The number of amides is 1. The van der Waals surface area contributed by atoms with Crippen LogP contribution in [0.5, 0.6) is 11.5 Å². The average Bonchev–Trinajstić information content (AvgIpc) is 2.77. The number of aliphatic hydroxyl groups excluding tert-OH is 1. The number of rotatable bonds is 8. The van der Waals surface area contributed by atoms with Crippen molar-refractivity contribution in [3.63, 3.8) is 0 Å². The number of carbonyl (C=O) groups excluding carboxylic acids is 1. The topological polar surface area (TPSA) is 62.2 Å². The summed E-state index contributed by atoms with van der Waals surface area (Å²) in [6, 6.07) is 17.1. The van der Waals surface area contributed by atoms with Gasteiger partial charge in [0, 0.05) is 44.4 Å². The van der Waals surface area contributed by atoms with Gasteiger partial charge in [0.2, 0.25) is 5.91 Å². The molecule has 1 fully saturated rings. The minimum atomic E-state index is -0.567.